The third-order valence-electron chi connectivity index (χ3n) is 5.86. The predicted octanol–water partition coefficient (Wildman–Crippen LogP) is 3.76. The fourth-order valence-corrected chi connectivity index (χ4v) is 4.01. The van der Waals surface area contributed by atoms with Crippen LogP contribution >= 0.6 is 0 Å². The molecule has 0 aliphatic heterocycles. The van der Waals surface area contributed by atoms with Crippen molar-refractivity contribution in [3.8, 4) is 11.8 Å². The van der Waals surface area contributed by atoms with Crippen molar-refractivity contribution >= 4 is 22.6 Å². The van der Waals surface area contributed by atoms with Crippen molar-refractivity contribution in [3.63, 3.8) is 0 Å². The Morgan fingerprint density at radius 3 is 2.47 bits per heavy atom. The van der Waals surface area contributed by atoms with E-state index in [1.54, 1.807) is 9.58 Å². The number of aryl methyl sites for hydroxylation is 4. The van der Waals surface area contributed by atoms with E-state index in [0.29, 0.717) is 16.7 Å². The molecule has 4 aromatic rings. The van der Waals surface area contributed by atoms with Crippen molar-refractivity contribution in [1.82, 2.24) is 19.3 Å². The van der Waals surface area contributed by atoms with Crippen LogP contribution in [0.4, 0.5) is 5.69 Å². The summed E-state index contributed by atoms with van der Waals surface area (Å²) in [4.78, 5) is 32.4. The summed E-state index contributed by atoms with van der Waals surface area (Å²) in [5.41, 5.74) is 5.96. The molecule has 8 nitrogen and oxygen atoms in total. The zero-order chi connectivity index (χ0) is 24.4. The largest absolute Gasteiger partial charge is 0.310 e. The maximum Gasteiger partial charge on any atom is 0.264 e. The second-order valence-electron chi connectivity index (χ2n) is 8.54. The van der Waals surface area contributed by atoms with Crippen molar-refractivity contribution < 1.29 is 4.79 Å². The zero-order valence-corrected chi connectivity index (χ0v) is 19.7. The minimum Gasteiger partial charge on any atom is -0.310 e. The molecule has 2 heterocycles. The van der Waals surface area contributed by atoms with E-state index < -0.39 is 0 Å². The van der Waals surface area contributed by atoms with Crippen molar-refractivity contribution in [2.24, 2.45) is 0 Å². The van der Waals surface area contributed by atoms with Gasteiger partial charge in [-0.2, -0.15) is 10.4 Å². The molecule has 8 heteroatoms. The second kappa shape index (κ2) is 9.32. The lowest BCUT2D eigenvalue weighted by Crippen LogP contribution is -2.37. The average molecular weight is 455 g/mol. The fraction of sp³-hybridized carbons (Fsp3) is 0.269. The highest BCUT2D eigenvalue weighted by molar-refractivity contribution is 5.93. The number of fused-ring (bicyclic) bond motifs is 1. The highest BCUT2D eigenvalue weighted by Gasteiger charge is 2.19. The maximum absolute atomic E-state index is 13.2. The van der Waals surface area contributed by atoms with Gasteiger partial charge in [0.25, 0.3) is 5.56 Å². The molecule has 0 spiro atoms. The number of nitriles is 1. The van der Waals surface area contributed by atoms with Crippen LogP contribution in [0.5, 0.6) is 0 Å². The molecule has 0 unspecified atom stereocenters. The Bertz CT molecular complexity index is 1470. The molecule has 0 saturated carbocycles. The van der Waals surface area contributed by atoms with Crippen LogP contribution < -0.4 is 10.5 Å². The third kappa shape index (κ3) is 4.46. The first kappa shape index (κ1) is 22.9. The molecule has 0 fully saturated rings. The number of carbonyl (C=O) groups is 1. The van der Waals surface area contributed by atoms with E-state index >= 15 is 0 Å². The van der Waals surface area contributed by atoms with Gasteiger partial charge in [-0.05, 0) is 74.2 Å². The van der Waals surface area contributed by atoms with Gasteiger partial charge in [0.1, 0.15) is 18.3 Å². The van der Waals surface area contributed by atoms with Crippen LogP contribution in [0.2, 0.25) is 0 Å². The number of anilines is 1. The second-order valence-corrected chi connectivity index (χ2v) is 8.54. The van der Waals surface area contributed by atoms with Crippen LogP contribution in [-0.4, -0.2) is 31.8 Å². The molecule has 1 amide bonds. The summed E-state index contributed by atoms with van der Waals surface area (Å²) < 4.78 is 2.93. The molecule has 0 atom stereocenters. The average Bonchev–Trinajstić information content (AvgIpc) is 3.22. The van der Waals surface area contributed by atoms with Gasteiger partial charge in [-0.1, -0.05) is 12.1 Å². The zero-order valence-electron chi connectivity index (χ0n) is 19.7. The Labute approximate surface area is 197 Å². The Hall–Kier alpha value is -4.25. The molecule has 4 rings (SSSR count). The molecule has 172 valence electrons. The standard InChI is InChI=1S/C26H26N6O2/c1-17-10-18(2)12-22(11-17)32-25-23(14-29-32)26(34)30(16-28-25)15-24(33)31(9-5-8-27)21-7-6-19(3)20(4)13-21/h6-7,10-14,16H,5,9,15H2,1-4H3. The summed E-state index contributed by atoms with van der Waals surface area (Å²) in [7, 11) is 0. The molecule has 0 aliphatic rings. The van der Waals surface area contributed by atoms with Gasteiger partial charge in [0, 0.05) is 12.2 Å². The number of nitrogens with zero attached hydrogens (tertiary/aromatic N) is 6. The number of aromatic nitrogens is 4. The van der Waals surface area contributed by atoms with Crippen molar-refractivity contribution in [1.29, 1.82) is 5.26 Å². The molecule has 0 saturated heterocycles. The maximum atomic E-state index is 13.2. The molecule has 0 radical (unpaired) electrons. The minimum absolute atomic E-state index is 0.186. The summed E-state index contributed by atoms with van der Waals surface area (Å²) in [6.07, 6.45) is 3.06. The van der Waals surface area contributed by atoms with Gasteiger partial charge in [-0.25, -0.2) is 9.67 Å². The lowest BCUT2D eigenvalue weighted by atomic mass is 10.1. The molecule has 2 aromatic heterocycles. The first-order valence-corrected chi connectivity index (χ1v) is 11.0. The van der Waals surface area contributed by atoms with E-state index in [1.165, 1.54) is 17.1 Å². The smallest absolute Gasteiger partial charge is 0.264 e. The minimum atomic E-state index is -0.339. The number of hydrogen-bond acceptors (Lipinski definition) is 5. The monoisotopic (exact) mass is 454 g/mol. The normalized spacial score (nSPS) is 10.9. The van der Waals surface area contributed by atoms with Gasteiger partial charge in [0.05, 0.1) is 24.4 Å². The number of benzene rings is 2. The van der Waals surface area contributed by atoms with Crippen LogP contribution in [0.15, 0.2) is 53.7 Å². The van der Waals surface area contributed by atoms with Crippen LogP contribution in [-0.2, 0) is 11.3 Å². The van der Waals surface area contributed by atoms with Gasteiger partial charge in [-0.15, -0.1) is 0 Å². The Morgan fingerprint density at radius 1 is 1.06 bits per heavy atom. The summed E-state index contributed by atoms with van der Waals surface area (Å²) in [5.74, 6) is -0.288. The quantitative estimate of drug-likeness (QED) is 0.442. The van der Waals surface area contributed by atoms with Crippen molar-refractivity contribution in [2.45, 2.75) is 40.7 Å². The van der Waals surface area contributed by atoms with Crippen LogP contribution in [0, 0.1) is 39.0 Å². The first-order chi connectivity index (χ1) is 16.3. The molecule has 0 bridgehead atoms. The molecular formula is C26H26N6O2. The van der Waals surface area contributed by atoms with Gasteiger partial charge >= 0.3 is 0 Å². The predicted molar refractivity (Wildman–Crippen MR) is 131 cm³/mol. The van der Waals surface area contributed by atoms with E-state index in [0.717, 1.165) is 27.9 Å². The summed E-state index contributed by atoms with van der Waals surface area (Å²) in [6.45, 7) is 8.03. The Balaban J connectivity index is 1.67. The van der Waals surface area contributed by atoms with E-state index in [-0.39, 0.29) is 31.0 Å². The molecule has 2 aromatic carbocycles. The Kier molecular flexibility index (Phi) is 6.28. The topological polar surface area (TPSA) is 96.8 Å². The number of rotatable bonds is 6. The van der Waals surface area contributed by atoms with Crippen LogP contribution in [0.1, 0.15) is 28.7 Å². The highest BCUT2D eigenvalue weighted by atomic mass is 16.2. The third-order valence-corrected chi connectivity index (χ3v) is 5.86. The molecular weight excluding hydrogens is 428 g/mol. The fourth-order valence-electron chi connectivity index (χ4n) is 4.01. The SMILES string of the molecule is Cc1cc(C)cc(-n2ncc3c(=O)n(CC(=O)N(CCC#N)c4ccc(C)c(C)c4)cnc32)c1. The first-order valence-electron chi connectivity index (χ1n) is 11.0. The number of amides is 1. The van der Waals surface area contributed by atoms with Gasteiger partial charge < -0.3 is 4.90 Å². The lowest BCUT2D eigenvalue weighted by molar-refractivity contribution is -0.119. The summed E-state index contributed by atoms with van der Waals surface area (Å²) >= 11 is 0. The van der Waals surface area contributed by atoms with Crippen molar-refractivity contribution in [3.05, 3.63) is 81.5 Å². The highest BCUT2D eigenvalue weighted by Crippen LogP contribution is 2.20. The van der Waals surface area contributed by atoms with Gasteiger partial charge in [0.15, 0.2) is 5.65 Å². The summed E-state index contributed by atoms with van der Waals surface area (Å²) in [5, 5.41) is 13.8. The van der Waals surface area contributed by atoms with Gasteiger partial charge in [-0.3, -0.25) is 14.2 Å². The van der Waals surface area contributed by atoms with E-state index in [9.17, 15) is 9.59 Å². The van der Waals surface area contributed by atoms with Crippen LogP contribution in [0.3, 0.4) is 0 Å². The molecule has 0 N–H and O–H groups in total. The molecule has 34 heavy (non-hydrogen) atoms. The van der Waals surface area contributed by atoms with Crippen molar-refractivity contribution in [2.75, 3.05) is 11.4 Å². The number of carbonyl (C=O) groups excluding carboxylic acids is 1. The molecule has 0 aliphatic carbocycles. The van der Waals surface area contributed by atoms with E-state index in [2.05, 4.69) is 22.2 Å². The lowest BCUT2D eigenvalue weighted by Gasteiger charge is -2.23. The Morgan fingerprint density at radius 2 is 1.79 bits per heavy atom. The summed E-state index contributed by atoms with van der Waals surface area (Å²) in [6, 6.07) is 13.8. The van der Waals surface area contributed by atoms with E-state index in [4.69, 9.17) is 5.26 Å². The van der Waals surface area contributed by atoms with Gasteiger partial charge in [0.2, 0.25) is 5.91 Å². The van der Waals surface area contributed by atoms with E-state index in [1.807, 2.05) is 58.0 Å². The van der Waals surface area contributed by atoms with Crippen LogP contribution in [0.25, 0.3) is 16.7 Å². The number of hydrogen-bond donors (Lipinski definition) is 0.